The normalized spacial score (nSPS) is 19.1. The van der Waals surface area contributed by atoms with E-state index in [1.54, 1.807) is 7.11 Å². The summed E-state index contributed by atoms with van der Waals surface area (Å²) in [6, 6.07) is 8.03. The quantitative estimate of drug-likeness (QED) is 0.480. The average Bonchev–Trinajstić information content (AvgIpc) is 3.24. The molecule has 0 unspecified atom stereocenters. The number of benzene rings is 1. The highest BCUT2D eigenvalue weighted by Crippen LogP contribution is 2.30. The summed E-state index contributed by atoms with van der Waals surface area (Å²) in [6.07, 6.45) is 9.60. The molecule has 0 radical (unpaired) electrons. The molecule has 2 aromatic heterocycles. The molecule has 2 atom stereocenters. The zero-order valence-corrected chi connectivity index (χ0v) is 19.6. The second-order valence-electron chi connectivity index (χ2n) is 9.14. The van der Waals surface area contributed by atoms with Crippen molar-refractivity contribution < 1.29 is 14.6 Å². The van der Waals surface area contributed by atoms with Gasteiger partial charge < -0.3 is 14.7 Å². The number of likely N-dealkylation sites (tertiary alicyclic amines) is 1. The van der Waals surface area contributed by atoms with Gasteiger partial charge in [-0.05, 0) is 99.8 Å². The van der Waals surface area contributed by atoms with Crippen molar-refractivity contribution in [1.82, 2.24) is 20.1 Å². The van der Waals surface area contributed by atoms with Crippen LogP contribution in [0.2, 0.25) is 0 Å². The summed E-state index contributed by atoms with van der Waals surface area (Å²) in [5, 5.41) is 18.1. The van der Waals surface area contributed by atoms with E-state index in [-0.39, 0.29) is 11.8 Å². The Hall–Kier alpha value is -2.93. The van der Waals surface area contributed by atoms with Gasteiger partial charge in [0.15, 0.2) is 0 Å². The van der Waals surface area contributed by atoms with Crippen molar-refractivity contribution in [2.45, 2.75) is 45.4 Å². The Morgan fingerprint density at radius 1 is 1.24 bits per heavy atom. The molecule has 0 amide bonds. The molecule has 1 saturated heterocycles. The first-order chi connectivity index (χ1) is 16.0. The van der Waals surface area contributed by atoms with E-state index >= 15 is 0 Å². The Morgan fingerprint density at radius 2 is 2.09 bits per heavy atom. The molecule has 1 fully saturated rings. The number of fused-ring (bicyclic) bond motifs is 1. The highest BCUT2D eigenvalue weighted by Gasteiger charge is 2.33. The first-order valence-electron chi connectivity index (χ1n) is 11.9. The van der Waals surface area contributed by atoms with Crippen molar-refractivity contribution in [3.8, 4) is 5.75 Å². The van der Waals surface area contributed by atoms with Gasteiger partial charge in [-0.15, -0.1) is 0 Å². The van der Waals surface area contributed by atoms with E-state index in [1.165, 1.54) is 11.1 Å². The lowest BCUT2D eigenvalue weighted by atomic mass is 9.81. The first-order valence-corrected chi connectivity index (χ1v) is 11.9. The van der Waals surface area contributed by atoms with Crippen LogP contribution in [0.5, 0.6) is 5.75 Å². The second kappa shape index (κ2) is 10.8. The van der Waals surface area contributed by atoms with Crippen molar-refractivity contribution >= 4 is 16.9 Å². The van der Waals surface area contributed by atoms with E-state index < -0.39 is 5.97 Å². The number of piperidine rings is 1. The van der Waals surface area contributed by atoms with Gasteiger partial charge in [0.1, 0.15) is 5.75 Å². The first kappa shape index (κ1) is 23.2. The smallest absolute Gasteiger partial charge is 0.308 e. The van der Waals surface area contributed by atoms with Crippen LogP contribution < -0.4 is 4.74 Å². The minimum Gasteiger partial charge on any atom is -0.497 e. The Bertz CT molecular complexity index is 1080. The number of hydrogen-bond acceptors (Lipinski definition) is 5. The number of H-pyrrole nitrogens is 1. The monoisotopic (exact) mass is 450 g/mol. The molecule has 1 aromatic carbocycles. The number of hydrogen-bond donors (Lipinski definition) is 2. The molecule has 176 valence electrons. The SMILES string of the molecule is COc1ccc2nccc(CCC[C@@H]3CCN(CCCc4c[nH]nc4C)C[C@@H]3C(=O)O)c2c1. The number of aryl methyl sites for hydroxylation is 3. The topological polar surface area (TPSA) is 91.3 Å². The lowest BCUT2D eigenvalue weighted by Crippen LogP contribution is -2.44. The summed E-state index contributed by atoms with van der Waals surface area (Å²) in [6.45, 7) is 4.59. The van der Waals surface area contributed by atoms with Crippen LogP contribution in [0.25, 0.3) is 10.9 Å². The number of nitrogens with one attached hydrogen (secondary N) is 1. The average molecular weight is 451 g/mol. The number of aromatic nitrogens is 3. The van der Waals surface area contributed by atoms with Crippen molar-refractivity contribution in [2.24, 2.45) is 11.8 Å². The predicted octanol–water partition coefficient (Wildman–Crippen LogP) is 4.25. The van der Waals surface area contributed by atoms with E-state index in [1.807, 2.05) is 37.5 Å². The van der Waals surface area contributed by atoms with Gasteiger partial charge in [-0.25, -0.2) is 0 Å². The van der Waals surface area contributed by atoms with Crippen molar-refractivity contribution in [2.75, 3.05) is 26.7 Å². The number of aromatic amines is 1. The number of carboxylic acid groups (broad SMARTS) is 1. The zero-order valence-electron chi connectivity index (χ0n) is 19.6. The number of rotatable bonds is 10. The number of methoxy groups -OCH3 is 1. The van der Waals surface area contributed by atoms with Gasteiger partial charge in [-0.2, -0.15) is 5.10 Å². The second-order valence-corrected chi connectivity index (χ2v) is 9.14. The van der Waals surface area contributed by atoms with Crippen molar-refractivity contribution in [1.29, 1.82) is 0 Å². The third kappa shape index (κ3) is 5.71. The lowest BCUT2D eigenvalue weighted by Gasteiger charge is -2.36. The molecule has 7 nitrogen and oxygen atoms in total. The van der Waals surface area contributed by atoms with E-state index in [0.29, 0.717) is 6.54 Å². The van der Waals surface area contributed by atoms with Gasteiger partial charge in [-0.1, -0.05) is 0 Å². The molecule has 4 rings (SSSR count). The Labute approximate surface area is 195 Å². The van der Waals surface area contributed by atoms with E-state index in [4.69, 9.17) is 4.74 Å². The molecule has 3 heterocycles. The molecular formula is C26H34N4O3. The van der Waals surface area contributed by atoms with Gasteiger partial charge in [-0.3, -0.25) is 14.9 Å². The largest absolute Gasteiger partial charge is 0.497 e. The van der Waals surface area contributed by atoms with Crippen molar-refractivity contribution in [3.05, 3.63) is 53.5 Å². The molecule has 1 aliphatic rings. The maximum absolute atomic E-state index is 12.0. The van der Waals surface area contributed by atoms with Crippen LogP contribution in [0.1, 0.15) is 42.5 Å². The Morgan fingerprint density at radius 3 is 2.85 bits per heavy atom. The highest BCUT2D eigenvalue weighted by molar-refractivity contribution is 5.83. The fourth-order valence-electron chi connectivity index (χ4n) is 5.11. The van der Waals surface area contributed by atoms with E-state index in [2.05, 4.69) is 26.1 Å². The maximum atomic E-state index is 12.0. The molecule has 0 spiro atoms. The standard InChI is InChI=1S/C26H34N4O3/c1-18-21(16-28-29-18)7-4-13-30-14-11-20(24(17-30)26(31)32)6-3-5-19-10-12-27-25-9-8-22(33-2)15-23(19)25/h8-10,12,15-16,20,24H,3-7,11,13-14,17H2,1-2H3,(H,28,29)(H,31,32)/t20-,24+/m1/s1. The highest BCUT2D eigenvalue weighted by atomic mass is 16.5. The third-order valence-electron chi connectivity index (χ3n) is 7.07. The summed E-state index contributed by atoms with van der Waals surface area (Å²) in [7, 11) is 1.67. The van der Waals surface area contributed by atoms with Gasteiger partial charge in [0.05, 0.1) is 24.2 Å². The summed E-state index contributed by atoms with van der Waals surface area (Å²) in [5.74, 6) is 0.119. The summed E-state index contributed by atoms with van der Waals surface area (Å²) < 4.78 is 5.38. The van der Waals surface area contributed by atoms with Gasteiger partial charge in [0.25, 0.3) is 0 Å². The zero-order chi connectivity index (χ0) is 23.2. The van der Waals surface area contributed by atoms with E-state index in [0.717, 1.165) is 74.0 Å². The fraction of sp³-hybridized carbons (Fsp3) is 0.500. The molecular weight excluding hydrogens is 416 g/mol. The number of aliphatic carboxylic acids is 1. The maximum Gasteiger partial charge on any atom is 0.308 e. The summed E-state index contributed by atoms with van der Waals surface area (Å²) in [4.78, 5) is 18.8. The van der Waals surface area contributed by atoms with Gasteiger partial charge in [0, 0.05) is 24.3 Å². The number of pyridine rings is 1. The molecule has 0 bridgehead atoms. The van der Waals surface area contributed by atoms with Crippen LogP contribution in [-0.4, -0.2) is 57.9 Å². The van der Waals surface area contributed by atoms with Crippen LogP contribution >= 0.6 is 0 Å². The van der Waals surface area contributed by atoms with E-state index in [9.17, 15) is 9.90 Å². The van der Waals surface area contributed by atoms with Crippen LogP contribution in [0.15, 0.2) is 36.7 Å². The third-order valence-corrected chi connectivity index (χ3v) is 7.07. The minimum atomic E-state index is -0.658. The van der Waals surface area contributed by atoms with Crippen LogP contribution in [-0.2, 0) is 17.6 Å². The van der Waals surface area contributed by atoms with Gasteiger partial charge >= 0.3 is 5.97 Å². The fourth-order valence-corrected chi connectivity index (χ4v) is 5.11. The number of ether oxygens (including phenoxy) is 1. The molecule has 2 N–H and O–H groups in total. The number of carbonyl (C=O) groups is 1. The Kier molecular flexibility index (Phi) is 7.60. The number of nitrogens with zero attached hydrogens (tertiary/aromatic N) is 3. The van der Waals surface area contributed by atoms with Crippen molar-refractivity contribution in [3.63, 3.8) is 0 Å². The molecule has 0 saturated carbocycles. The molecule has 33 heavy (non-hydrogen) atoms. The molecule has 0 aliphatic carbocycles. The summed E-state index contributed by atoms with van der Waals surface area (Å²) in [5.41, 5.74) is 4.52. The summed E-state index contributed by atoms with van der Waals surface area (Å²) >= 11 is 0. The molecule has 3 aromatic rings. The molecule has 7 heteroatoms. The lowest BCUT2D eigenvalue weighted by molar-refractivity contribution is -0.146. The minimum absolute atomic E-state index is 0.234. The molecule has 1 aliphatic heterocycles. The Balaban J connectivity index is 1.30. The number of carboxylic acids is 1. The predicted molar refractivity (Wildman–Crippen MR) is 129 cm³/mol. The van der Waals surface area contributed by atoms with Gasteiger partial charge in [0.2, 0.25) is 0 Å². The van der Waals surface area contributed by atoms with Crippen LogP contribution in [0.4, 0.5) is 0 Å². The van der Waals surface area contributed by atoms with Crippen LogP contribution in [0, 0.1) is 18.8 Å². The van der Waals surface area contributed by atoms with Crippen LogP contribution in [0.3, 0.4) is 0 Å².